The molecular formula is C10H18O2. The van der Waals surface area contributed by atoms with Gasteiger partial charge in [0.2, 0.25) is 0 Å². The van der Waals surface area contributed by atoms with Crippen LogP contribution in [0.5, 0.6) is 0 Å². The maximum absolute atomic E-state index is 11.5. The highest BCUT2D eigenvalue weighted by atomic mass is 16.5. The summed E-state index contributed by atoms with van der Waals surface area (Å²) in [6.45, 7) is 0.733. The SMILES string of the molecule is COCC[C@H]1CCCCCC1=O. The molecule has 0 spiro atoms. The van der Waals surface area contributed by atoms with Crippen molar-refractivity contribution in [3.63, 3.8) is 0 Å². The average molecular weight is 170 g/mol. The summed E-state index contributed by atoms with van der Waals surface area (Å²) in [5.74, 6) is 0.761. The number of methoxy groups -OCH3 is 1. The Labute approximate surface area is 74.3 Å². The summed E-state index contributed by atoms with van der Waals surface area (Å²) >= 11 is 0. The van der Waals surface area contributed by atoms with Crippen LogP contribution in [-0.2, 0) is 9.53 Å². The standard InChI is InChI=1S/C10H18O2/c1-12-8-7-9-5-3-2-4-6-10(9)11/h9H,2-8H2,1H3/t9-/m1/s1. The van der Waals surface area contributed by atoms with E-state index in [2.05, 4.69) is 0 Å². The molecule has 1 atom stereocenters. The monoisotopic (exact) mass is 170 g/mol. The summed E-state index contributed by atoms with van der Waals surface area (Å²) < 4.78 is 4.98. The number of Topliss-reactive ketones (excluding diaryl/α,β-unsaturated/α-hetero) is 1. The predicted octanol–water partition coefficient (Wildman–Crippen LogP) is 2.17. The first-order valence-electron chi connectivity index (χ1n) is 4.86. The fourth-order valence-electron chi connectivity index (χ4n) is 1.80. The Balaban J connectivity index is 2.31. The topological polar surface area (TPSA) is 26.3 Å². The summed E-state index contributed by atoms with van der Waals surface area (Å²) in [5.41, 5.74) is 0. The Bertz CT molecular complexity index is 143. The highest BCUT2D eigenvalue weighted by molar-refractivity contribution is 5.81. The zero-order valence-corrected chi connectivity index (χ0v) is 7.84. The molecule has 0 bridgehead atoms. The van der Waals surface area contributed by atoms with E-state index >= 15 is 0 Å². The second-order valence-corrected chi connectivity index (χ2v) is 3.54. The normalized spacial score (nSPS) is 25.4. The van der Waals surface area contributed by atoms with Crippen LogP contribution in [0.1, 0.15) is 38.5 Å². The molecule has 0 N–H and O–H groups in total. The van der Waals surface area contributed by atoms with Gasteiger partial charge in [-0.2, -0.15) is 0 Å². The van der Waals surface area contributed by atoms with E-state index in [0.717, 1.165) is 32.3 Å². The van der Waals surface area contributed by atoms with Gasteiger partial charge in [-0.3, -0.25) is 4.79 Å². The minimum absolute atomic E-state index is 0.299. The molecule has 1 aliphatic carbocycles. The van der Waals surface area contributed by atoms with Crippen molar-refractivity contribution in [1.82, 2.24) is 0 Å². The van der Waals surface area contributed by atoms with Crippen molar-refractivity contribution in [2.75, 3.05) is 13.7 Å². The third-order valence-electron chi connectivity index (χ3n) is 2.60. The molecular weight excluding hydrogens is 152 g/mol. The zero-order chi connectivity index (χ0) is 8.81. The summed E-state index contributed by atoms with van der Waals surface area (Å²) in [5, 5.41) is 0. The molecule has 0 unspecified atom stereocenters. The quantitative estimate of drug-likeness (QED) is 0.607. The van der Waals surface area contributed by atoms with E-state index in [4.69, 9.17) is 4.74 Å². The van der Waals surface area contributed by atoms with Gasteiger partial charge in [-0.25, -0.2) is 0 Å². The maximum Gasteiger partial charge on any atom is 0.136 e. The molecule has 1 fully saturated rings. The van der Waals surface area contributed by atoms with Gasteiger partial charge in [0, 0.05) is 26.1 Å². The number of hydrogen-bond acceptors (Lipinski definition) is 2. The molecule has 0 aromatic heterocycles. The van der Waals surface area contributed by atoms with Crippen LogP contribution in [0, 0.1) is 5.92 Å². The molecule has 0 saturated heterocycles. The summed E-state index contributed by atoms with van der Waals surface area (Å²) in [7, 11) is 1.70. The van der Waals surface area contributed by atoms with Crippen LogP contribution in [0.3, 0.4) is 0 Å². The van der Waals surface area contributed by atoms with Crippen molar-refractivity contribution < 1.29 is 9.53 Å². The molecule has 0 amide bonds. The Morgan fingerprint density at radius 3 is 3.00 bits per heavy atom. The van der Waals surface area contributed by atoms with Crippen LogP contribution in [0.15, 0.2) is 0 Å². The molecule has 0 aromatic rings. The van der Waals surface area contributed by atoms with Crippen LogP contribution >= 0.6 is 0 Å². The second-order valence-electron chi connectivity index (χ2n) is 3.54. The molecule has 2 nitrogen and oxygen atoms in total. The first kappa shape index (κ1) is 9.72. The molecule has 0 radical (unpaired) electrons. The minimum Gasteiger partial charge on any atom is -0.385 e. The van der Waals surface area contributed by atoms with Gasteiger partial charge in [-0.05, 0) is 19.3 Å². The van der Waals surface area contributed by atoms with Crippen molar-refractivity contribution in [1.29, 1.82) is 0 Å². The lowest BCUT2D eigenvalue weighted by Crippen LogP contribution is -2.14. The van der Waals surface area contributed by atoms with Crippen molar-refractivity contribution in [3.05, 3.63) is 0 Å². The lowest BCUT2D eigenvalue weighted by atomic mass is 9.96. The first-order chi connectivity index (χ1) is 5.84. The van der Waals surface area contributed by atoms with Crippen molar-refractivity contribution in [2.24, 2.45) is 5.92 Å². The van der Waals surface area contributed by atoms with E-state index in [9.17, 15) is 4.79 Å². The molecule has 0 aromatic carbocycles. The molecule has 70 valence electrons. The number of rotatable bonds is 3. The maximum atomic E-state index is 11.5. The van der Waals surface area contributed by atoms with Crippen molar-refractivity contribution in [2.45, 2.75) is 38.5 Å². The molecule has 12 heavy (non-hydrogen) atoms. The Kier molecular flexibility index (Phi) is 4.30. The van der Waals surface area contributed by atoms with Gasteiger partial charge in [0.05, 0.1) is 0 Å². The Morgan fingerprint density at radius 1 is 1.42 bits per heavy atom. The average Bonchev–Trinajstić information content (AvgIpc) is 2.27. The number of carbonyl (C=O) groups is 1. The molecule has 1 saturated carbocycles. The molecule has 1 aliphatic rings. The van der Waals surface area contributed by atoms with Gasteiger partial charge in [0.15, 0.2) is 0 Å². The fourth-order valence-corrected chi connectivity index (χ4v) is 1.80. The highest BCUT2D eigenvalue weighted by Gasteiger charge is 2.19. The largest absolute Gasteiger partial charge is 0.385 e. The van der Waals surface area contributed by atoms with Crippen LogP contribution in [-0.4, -0.2) is 19.5 Å². The van der Waals surface area contributed by atoms with Crippen LogP contribution in [0.25, 0.3) is 0 Å². The zero-order valence-electron chi connectivity index (χ0n) is 7.84. The number of ketones is 1. The Hall–Kier alpha value is -0.370. The lowest BCUT2D eigenvalue weighted by molar-refractivity contribution is -0.123. The molecule has 0 aliphatic heterocycles. The highest BCUT2D eigenvalue weighted by Crippen LogP contribution is 2.22. The lowest BCUT2D eigenvalue weighted by Gasteiger charge is -2.11. The molecule has 1 rings (SSSR count). The van der Waals surface area contributed by atoms with E-state index in [0.29, 0.717) is 11.7 Å². The van der Waals surface area contributed by atoms with E-state index in [1.807, 2.05) is 0 Å². The van der Waals surface area contributed by atoms with Gasteiger partial charge >= 0.3 is 0 Å². The van der Waals surface area contributed by atoms with E-state index in [1.165, 1.54) is 12.8 Å². The Morgan fingerprint density at radius 2 is 2.25 bits per heavy atom. The third kappa shape index (κ3) is 2.94. The van der Waals surface area contributed by atoms with E-state index in [1.54, 1.807) is 7.11 Å². The minimum atomic E-state index is 0.299. The second kappa shape index (κ2) is 5.31. The van der Waals surface area contributed by atoms with Gasteiger partial charge in [-0.1, -0.05) is 12.8 Å². The van der Waals surface area contributed by atoms with Crippen molar-refractivity contribution >= 4 is 5.78 Å². The van der Waals surface area contributed by atoms with Crippen LogP contribution in [0.2, 0.25) is 0 Å². The summed E-state index contributed by atoms with van der Waals surface area (Å²) in [6, 6.07) is 0. The smallest absolute Gasteiger partial charge is 0.136 e. The van der Waals surface area contributed by atoms with Crippen LogP contribution < -0.4 is 0 Å². The van der Waals surface area contributed by atoms with E-state index in [-0.39, 0.29) is 0 Å². The third-order valence-corrected chi connectivity index (χ3v) is 2.60. The van der Waals surface area contributed by atoms with Gasteiger partial charge in [-0.15, -0.1) is 0 Å². The number of hydrogen-bond donors (Lipinski definition) is 0. The fraction of sp³-hybridized carbons (Fsp3) is 0.900. The van der Waals surface area contributed by atoms with Crippen LogP contribution in [0.4, 0.5) is 0 Å². The number of carbonyl (C=O) groups excluding carboxylic acids is 1. The summed E-state index contributed by atoms with van der Waals surface area (Å²) in [4.78, 5) is 11.5. The number of ether oxygens (including phenoxy) is 1. The molecule has 0 heterocycles. The van der Waals surface area contributed by atoms with Gasteiger partial charge < -0.3 is 4.74 Å². The van der Waals surface area contributed by atoms with E-state index < -0.39 is 0 Å². The predicted molar refractivity (Wildman–Crippen MR) is 48.1 cm³/mol. The van der Waals surface area contributed by atoms with Crippen molar-refractivity contribution in [3.8, 4) is 0 Å². The molecule has 2 heteroatoms. The van der Waals surface area contributed by atoms with Gasteiger partial charge in [0.25, 0.3) is 0 Å². The summed E-state index contributed by atoms with van der Waals surface area (Å²) in [6.07, 6.45) is 6.36. The van der Waals surface area contributed by atoms with Gasteiger partial charge in [0.1, 0.15) is 5.78 Å². The first-order valence-corrected chi connectivity index (χ1v) is 4.86.